The highest BCUT2D eigenvalue weighted by molar-refractivity contribution is 7.99. The van der Waals surface area contributed by atoms with Gasteiger partial charge in [0.05, 0.1) is 16.0 Å². The van der Waals surface area contributed by atoms with Crippen LogP contribution in [0.1, 0.15) is 55.4 Å². The van der Waals surface area contributed by atoms with Crippen LogP contribution in [0.15, 0.2) is 14.2 Å². The van der Waals surface area contributed by atoms with E-state index in [2.05, 4.69) is 25.3 Å². The SMILES string of the molecule is Cc1nc(C)c(-c2nnc(SC(C)c3nc(C(C)(C)C)no3)o2)s1. The molecular weight excluding hydrogens is 346 g/mol. The lowest BCUT2D eigenvalue weighted by Crippen LogP contribution is -2.13. The monoisotopic (exact) mass is 365 g/mol. The zero-order valence-electron chi connectivity index (χ0n) is 14.4. The fourth-order valence-electron chi connectivity index (χ4n) is 1.99. The van der Waals surface area contributed by atoms with E-state index >= 15 is 0 Å². The van der Waals surface area contributed by atoms with Crippen LogP contribution in [0.5, 0.6) is 0 Å². The lowest BCUT2D eigenvalue weighted by atomic mass is 9.96. The molecule has 128 valence electrons. The van der Waals surface area contributed by atoms with Crippen LogP contribution >= 0.6 is 23.1 Å². The molecule has 0 aromatic carbocycles. The second kappa shape index (κ2) is 6.29. The maximum atomic E-state index is 5.75. The van der Waals surface area contributed by atoms with Crippen LogP contribution in [-0.4, -0.2) is 25.3 Å². The molecular formula is C15H19N5O2S2. The third-order valence-corrected chi connectivity index (χ3v) is 5.22. The van der Waals surface area contributed by atoms with E-state index in [-0.39, 0.29) is 10.7 Å². The van der Waals surface area contributed by atoms with Crippen LogP contribution in [-0.2, 0) is 5.41 Å². The molecule has 0 saturated heterocycles. The zero-order chi connectivity index (χ0) is 17.5. The van der Waals surface area contributed by atoms with E-state index in [4.69, 9.17) is 8.94 Å². The standard InChI is InChI=1S/C15H19N5O2S2/c1-7-10(24-9(3)16-7)12-18-19-14(21-12)23-8(2)11-17-13(20-22-11)15(4,5)6/h8H,1-6H3. The summed E-state index contributed by atoms with van der Waals surface area (Å²) in [5.41, 5.74) is 0.753. The molecule has 9 heteroatoms. The van der Waals surface area contributed by atoms with Gasteiger partial charge in [0.15, 0.2) is 5.82 Å². The average Bonchev–Trinajstić information content (AvgIpc) is 3.17. The molecule has 0 bridgehead atoms. The highest BCUT2D eigenvalue weighted by Crippen LogP contribution is 2.36. The molecule has 0 aliphatic carbocycles. The first-order chi connectivity index (χ1) is 11.2. The van der Waals surface area contributed by atoms with Gasteiger partial charge in [-0.15, -0.1) is 21.5 Å². The molecule has 0 saturated carbocycles. The quantitative estimate of drug-likeness (QED) is 0.630. The number of aromatic nitrogens is 5. The summed E-state index contributed by atoms with van der Waals surface area (Å²) in [5, 5.41) is 13.6. The van der Waals surface area contributed by atoms with Crippen molar-refractivity contribution in [2.75, 3.05) is 0 Å². The Morgan fingerprint density at radius 3 is 2.46 bits per heavy atom. The number of aryl methyl sites for hydroxylation is 2. The Kier molecular flexibility index (Phi) is 4.48. The van der Waals surface area contributed by atoms with E-state index in [9.17, 15) is 0 Å². The zero-order valence-corrected chi connectivity index (χ0v) is 16.1. The number of hydrogen-bond donors (Lipinski definition) is 0. The van der Waals surface area contributed by atoms with Gasteiger partial charge in [-0.3, -0.25) is 0 Å². The summed E-state index contributed by atoms with van der Waals surface area (Å²) in [5.74, 6) is 1.73. The molecule has 1 unspecified atom stereocenters. The fraction of sp³-hybridized carbons (Fsp3) is 0.533. The topological polar surface area (TPSA) is 90.7 Å². The predicted molar refractivity (Wildman–Crippen MR) is 92.2 cm³/mol. The number of thiazole rings is 1. The maximum absolute atomic E-state index is 5.75. The summed E-state index contributed by atoms with van der Waals surface area (Å²) in [6.07, 6.45) is 0. The van der Waals surface area contributed by atoms with Crippen LogP contribution in [0.25, 0.3) is 10.8 Å². The highest BCUT2D eigenvalue weighted by atomic mass is 32.2. The summed E-state index contributed by atoms with van der Waals surface area (Å²) in [6, 6.07) is 0. The van der Waals surface area contributed by atoms with Crippen molar-refractivity contribution in [2.24, 2.45) is 0 Å². The first kappa shape index (κ1) is 17.1. The van der Waals surface area contributed by atoms with Gasteiger partial charge in [0.1, 0.15) is 4.88 Å². The molecule has 0 aliphatic heterocycles. The Morgan fingerprint density at radius 2 is 1.88 bits per heavy atom. The smallest absolute Gasteiger partial charge is 0.277 e. The largest absolute Gasteiger partial charge is 0.410 e. The molecule has 24 heavy (non-hydrogen) atoms. The van der Waals surface area contributed by atoms with E-state index in [1.54, 1.807) is 11.3 Å². The van der Waals surface area contributed by atoms with Gasteiger partial charge in [-0.1, -0.05) is 37.7 Å². The molecule has 0 fully saturated rings. The molecule has 3 aromatic heterocycles. The van der Waals surface area contributed by atoms with Gasteiger partial charge in [0.25, 0.3) is 11.1 Å². The van der Waals surface area contributed by atoms with Crippen LogP contribution in [0.4, 0.5) is 0 Å². The Labute approximate surface area is 148 Å². The fourth-order valence-corrected chi connectivity index (χ4v) is 3.54. The predicted octanol–water partition coefficient (Wildman–Crippen LogP) is 4.34. The van der Waals surface area contributed by atoms with Crippen molar-refractivity contribution < 1.29 is 8.94 Å². The van der Waals surface area contributed by atoms with Gasteiger partial charge in [0, 0.05) is 5.41 Å². The Hall–Kier alpha value is -1.74. The van der Waals surface area contributed by atoms with E-state index in [0.717, 1.165) is 15.6 Å². The summed E-state index contributed by atoms with van der Waals surface area (Å²) in [4.78, 5) is 9.75. The van der Waals surface area contributed by atoms with E-state index in [0.29, 0.717) is 22.8 Å². The van der Waals surface area contributed by atoms with Crippen LogP contribution < -0.4 is 0 Å². The average molecular weight is 365 g/mol. The summed E-state index contributed by atoms with van der Waals surface area (Å²) >= 11 is 2.94. The second-order valence-corrected chi connectivity index (χ2v) is 8.98. The van der Waals surface area contributed by atoms with Crippen molar-refractivity contribution in [1.82, 2.24) is 25.3 Å². The minimum atomic E-state index is -0.147. The Balaban J connectivity index is 1.75. The molecule has 0 N–H and O–H groups in total. The lowest BCUT2D eigenvalue weighted by molar-refractivity contribution is 0.363. The molecule has 0 spiro atoms. The van der Waals surface area contributed by atoms with E-state index in [1.165, 1.54) is 11.8 Å². The normalized spacial score (nSPS) is 13.4. The minimum Gasteiger partial charge on any atom is -0.410 e. The number of rotatable bonds is 4. The molecule has 0 aliphatic rings. The van der Waals surface area contributed by atoms with Gasteiger partial charge >= 0.3 is 0 Å². The van der Waals surface area contributed by atoms with Gasteiger partial charge in [-0.2, -0.15) is 4.98 Å². The Morgan fingerprint density at radius 1 is 1.12 bits per heavy atom. The minimum absolute atomic E-state index is 0.0776. The van der Waals surface area contributed by atoms with Gasteiger partial charge in [0.2, 0.25) is 5.89 Å². The van der Waals surface area contributed by atoms with Crippen LogP contribution in [0.2, 0.25) is 0 Å². The van der Waals surface area contributed by atoms with Crippen LogP contribution in [0.3, 0.4) is 0 Å². The van der Waals surface area contributed by atoms with Crippen molar-refractivity contribution in [3.05, 3.63) is 22.4 Å². The van der Waals surface area contributed by atoms with Crippen molar-refractivity contribution in [1.29, 1.82) is 0 Å². The molecule has 7 nitrogen and oxygen atoms in total. The number of nitrogens with zero attached hydrogens (tertiary/aromatic N) is 5. The van der Waals surface area contributed by atoms with Crippen molar-refractivity contribution in [3.63, 3.8) is 0 Å². The molecule has 3 heterocycles. The summed E-state index contributed by atoms with van der Waals surface area (Å²) < 4.78 is 11.1. The molecule has 0 amide bonds. The number of hydrogen-bond acceptors (Lipinski definition) is 9. The van der Waals surface area contributed by atoms with Crippen molar-refractivity contribution in [2.45, 2.75) is 57.4 Å². The molecule has 3 aromatic rings. The number of thioether (sulfide) groups is 1. The molecule has 3 rings (SSSR count). The van der Waals surface area contributed by atoms with Crippen molar-refractivity contribution in [3.8, 4) is 10.8 Å². The first-order valence-corrected chi connectivity index (χ1v) is 9.22. The lowest BCUT2D eigenvalue weighted by Gasteiger charge is -2.11. The highest BCUT2D eigenvalue weighted by Gasteiger charge is 2.25. The third-order valence-electron chi connectivity index (χ3n) is 3.24. The van der Waals surface area contributed by atoms with Crippen molar-refractivity contribution >= 4 is 23.1 Å². The van der Waals surface area contributed by atoms with Gasteiger partial charge in [-0.05, 0) is 20.8 Å². The van der Waals surface area contributed by atoms with Gasteiger partial charge in [-0.25, -0.2) is 4.98 Å². The van der Waals surface area contributed by atoms with Crippen LogP contribution in [0, 0.1) is 13.8 Å². The van der Waals surface area contributed by atoms with E-state index in [1.807, 2.05) is 41.5 Å². The first-order valence-electron chi connectivity index (χ1n) is 7.52. The van der Waals surface area contributed by atoms with E-state index < -0.39 is 0 Å². The summed E-state index contributed by atoms with van der Waals surface area (Å²) in [6.45, 7) is 12.0. The molecule has 1 atom stereocenters. The molecule has 0 radical (unpaired) electrons. The summed E-state index contributed by atoms with van der Waals surface area (Å²) in [7, 11) is 0. The third kappa shape index (κ3) is 3.51. The van der Waals surface area contributed by atoms with Gasteiger partial charge < -0.3 is 8.94 Å². The maximum Gasteiger partial charge on any atom is 0.277 e. The second-order valence-electron chi connectivity index (χ2n) is 6.49. The Bertz CT molecular complexity index is 846.